The minimum Gasteiger partial charge on any atom is -0.496 e. The second kappa shape index (κ2) is 8.24. The molecule has 0 aromatic heterocycles. The molecule has 1 aliphatic heterocycles. The topological polar surface area (TPSA) is 123 Å². The lowest BCUT2D eigenvalue weighted by Crippen LogP contribution is -2.19. The van der Waals surface area contributed by atoms with Gasteiger partial charge in [0.2, 0.25) is 0 Å². The molecule has 0 saturated carbocycles. The van der Waals surface area contributed by atoms with E-state index in [0.717, 1.165) is 6.08 Å². The molecule has 0 radical (unpaired) electrons. The Bertz CT molecular complexity index is 979. The molecule has 2 atom stereocenters. The van der Waals surface area contributed by atoms with Crippen molar-refractivity contribution in [2.75, 3.05) is 14.2 Å². The number of hydrogen-bond acceptors (Lipinski definition) is 6. The molecule has 0 bridgehead atoms. The molecule has 8 heteroatoms. The minimum absolute atomic E-state index is 0.249. The predicted molar refractivity (Wildman–Crippen MR) is 102 cm³/mol. The van der Waals surface area contributed by atoms with E-state index in [1.54, 1.807) is 30.3 Å². The summed E-state index contributed by atoms with van der Waals surface area (Å²) in [5, 5.41) is 28.5. The third-order valence-electron chi connectivity index (χ3n) is 4.75. The van der Waals surface area contributed by atoms with Crippen LogP contribution < -0.4 is 14.2 Å². The first-order valence-electron chi connectivity index (χ1n) is 8.70. The third kappa shape index (κ3) is 3.74. The van der Waals surface area contributed by atoms with Crippen molar-refractivity contribution < 1.29 is 39.1 Å². The van der Waals surface area contributed by atoms with Gasteiger partial charge in [0.1, 0.15) is 17.8 Å². The second-order valence-corrected chi connectivity index (χ2v) is 6.36. The second-order valence-electron chi connectivity index (χ2n) is 6.36. The molecule has 2 aromatic rings. The van der Waals surface area contributed by atoms with E-state index < -0.39 is 24.0 Å². The first-order chi connectivity index (χ1) is 13.9. The van der Waals surface area contributed by atoms with E-state index in [-0.39, 0.29) is 12.4 Å². The van der Waals surface area contributed by atoms with Gasteiger partial charge < -0.3 is 29.5 Å². The maximum absolute atomic E-state index is 12.2. The predicted octanol–water partition coefficient (Wildman–Crippen LogP) is 2.60. The van der Waals surface area contributed by atoms with E-state index in [4.69, 9.17) is 19.3 Å². The number of carbonyl (C=O) groups is 2. The number of carboxylic acids is 2. The van der Waals surface area contributed by atoms with E-state index in [0.29, 0.717) is 33.8 Å². The summed E-state index contributed by atoms with van der Waals surface area (Å²) < 4.78 is 16.5. The third-order valence-corrected chi connectivity index (χ3v) is 4.75. The van der Waals surface area contributed by atoms with E-state index in [1.165, 1.54) is 20.3 Å². The molecular weight excluding hydrogens is 380 g/mol. The summed E-state index contributed by atoms with van der Waals surface area (Å²) in [6.07, 6.45) is 1.37. The van der Waals surface area contributed by atoms with E-state index in [2.05, 4.69) is 0 Å². The van der Waals surface area contributed by atoms with Gasteiger partial charge in [-0.2, -0.15) is 0 Å². The molecule has 29 heavy (non-hydrogen) atoms. The van der Waals surface area contributed by atoms with Crippen LogP contribution in [-0.4, -0.2) is 41.5 Å². The van der Waals surface area contributed by atoms with Crippen molar-refractivity contribution in [2.45, 2.75) is 18.6 Å². The number of carboxylic acid groups (broad SMARTS) is 2. The Morgan fingerprint density at radius 3 is 2.38 bits per heavy atom. The SMILES string of the molecule is COc1ccc(C2Oc3c(OC)ccc(/C=C/C(=O)O)c3[C@@H]2C(=O)O)cc1CO. The van der Waals surface area contributed by atoms with Crippen molar-refractivity contribution in [3.05, 3.63) is 58.7 Å². The summed E-state index contributed by atoms with van der Waals surface area (Å²) in [4.78, 5) is 23.1. The number of hydrogen-bond donors (Lipinski definition) is 3. The summed E-state index contributed by atoms with van der Waals surface area (Å²) in [7, 11) is 2.91. The summed E-state index contributed by atoms with van der Waals surface area (Å²) in [6.45, 7) is -0.287. The molecule has 0 spiro atoms. The van der Waals surface area contributed by atoms with Crippen molar-refractivity contribution in [3.8, 4) is 17.2 Å². The molecule has 1 aliphatic rings. The lowest BCUT2D eigenvalue weighted by molar-refractivity contribution is -0.140. The number of rotatable bonds is 7. The number of aliphatic hydroxyl groups is 1. The van der Waals surface area contributed by atoms with Gasteiger partial charge >= 0.3 is 11.9 Å². The van der Waals surface area contributed by atoms with Crippen molar-refractivity contribution >= 4 is 18.0 Å². The number of methoxy groups -OCH3 is 2. The molecule has 8 nitrogen and oxygen atoms in total. The van der Waals surface area contributed by atoms with E-state index in [9.17, 15) is 19.8 Å². The molecule has 0 saturated heterocycles. The fourth-order valence-corrected chi connectivity index (χ4v) is 3.46. The van der Waals surface area contributed by atoms with E-state index in [1.807, 2.05) is 0 Å². The van der Waals surface area contributed by atoms with E-state index >= 15 is 0 Å². The number of benzene rings is 2. The smallest absolute Gasteiger partial charge is 0.328 e. The highest BCUT2D eigenvalue weighted by molar-refractivity contribution is 5.88. The largest absolute Gasteiger partial charge is 0.496 e. The van der Waals surface area contributed by atoms with Crippen LogP contribution in [0.25, 0.3) is 6.08 Å². The quantitative estimate of drug-likeness (QED) is 0.606. The Balaban J connectivity index is 2.16. The minimum atomic E-state index is -1.15. The number of aliphatic hydroxyl groups excluding tert-OH is 1. The molecule has 3 rings (SSSR count). The monoisotopic (exact) mass is 400 g/mol. The van der Waals surface area contributed by atoms with Gasteiger partial charge in [0.25, 0.3) is 0 Å². The highest BCUT2D eigenvalue weighted by Crippen LogP contribution is 2.52. The molecule has 2 aromatic carbocycles. The van der Waals surface area contributed by atoms with Crippen molar-refractivity contribution in [2.24, 2.45) is 0 Å². The zero-order chi connectivity index (χ0) is 21.1. The van der Waals surface area contributed by atoms with Gasteiger partial charge in [-0.15, -0.1) is 0 Å². The normalized spacial score (nSPS) is 17.6. The van der Waals surface area contributed by atoms with Gasteiger partial charge in [0.05, 0.1) is 20.8 Å². The fourth-order valence-electron chi connectivity index (χ4n) is 3.46. The van der Waals surface area contributed by atoms with Crippen molar-refractivity contribution in [1.29, 1.82) is 0 Å². The molecule has 0 fully saturated rings. The molecular formula is C21H20O8. The molecule has 0 amide bonds. The Morgan fingerprint density at radius 2 is 1.79 bits per heavy atom. The average molecular weight is 400 g/mol. The molecule has 1 unspecified atom stereocenters. The van der Waals surface area contributed by atoms with Crippen LogP contribution in [0, 0.1) is 0 Å². The Morgan fingerprint density at radius 1 is 1.10 bits per heavy atom. The van der Waals surface area contributed by atoms with Gasteiger partial charge in [0.15, 0.2) is 11.5 Å². The van der Waals surface area contributed by atoms with Crippen LogP contribution in [0.5, 0.6) is 17.2 Å². The van der Waals surface area contributed by atoms with Crippen LogP contribution >= 0.6 is 0 Å². The zero-order valence-corrected chi connectivity index (χ0v) is 15.8. The zero-order valence-electron chi connectivity index (χ0n) is 15.8. The molecule has 0 aliphatic carbocycles. The van der Waals surface area contributed by atoms with Crippen LogP contribution in [0.3, 0.4) is 0 Å². The first-order valence-corrected chi connectivity index (χ1v) is 8.70. The lowest BCUT2D eigenvalue weighted by atomic mass is 9.87. The Kier molecular flexibility index (Phi) is 5.74. The number of fused-ring (bicyclic) bond motifs is 1. The standard InChI is InChI=1S/C21H20O8/c1-27-14-6-4-12(9-13(14)10-22)19-18(21(25)26)17-11(5-8-16(23)24)3-7-15(28-2)20(17)29-19/h3-9,18-19,22H,10H2,1-2H3,(H,23,24)(H,25,26)/b8-5+/t18-,19?/m0/s1. The summed E-state index contributed by atoms with van der Waals surface area (Å²) in [6, 6.07) is 8.11. The summed E-state index contributed by atoms with van der Waals surface area (Å²) in [5.41, 5.74) is 1.77. The molecule has 1 heterocycles. The Labute approximate surface area is 166 Å². The summed E-state index contributed by atoms with van der Waals surface area (Å²) in [5.74, 6) is -2.32. The van der Waals surface area contributed by atoms with Crippen LogP contribution in [0.1, 0.15) is 34.3 Å². The van der Waals surface area contributed by atoms with Crippen LogP contribution in [0.15, 0.2) is 36.4 Å². The highest BCUT2D eigenvalue weighted by Gasteiger charge is 2.43. The number of aliphatic carboxylic acids is 2. The molecule has 3 N–H and O–H groups in total. The highest BCUT2D eigenvalue weighted by atomic mass is 16.5. The van der Waals surface area contributed by atoms with Gasteiger partial charge in [-0.3, -0.25) is 4.79 Å². The fraction of sp³-hybridized carbons (Fsp3) is 0.238. The lowest BCUT2D eigenvalue weighted by Gasteiger charge is -2.18. The molecule has 152 valence electrons. The van der Waals surface area contributed by atoms with Crippen LogP contribution in [-0.2, 0) is 16.2 Å². The van der Waals surface area contributed by atoms with Gasteiger partial charge in [-0.25, -0.2) is 4.79 Å². The van der Waals surface area contributed by atoms with Gasteiger partial charge in [-0.1, -0.05) is 12.1 Å². The number of ether oxygens (including phenoxy) is 3. The maximum atomic E-state index is 12.2. The summed E-state index contributed by atoms with van der Waals surface area (Å²) >= 11 is 0. The Hall–Kier alpha value is -3.52. The first kappa shape index (κ1) is 20.2. The van der Waals surface area contributed by atoms with Crippen LogP contribution in [0.4, 0.5) is 0 Å². The van der Waals surface area contributed by atoms with Gasteiger partial charge in [0, 0.05) is 17.2 Å². The van der Waals surface area contributed by atoms with Gasteiger partial charge in [-0.05, 0) is 35.4 Å². The van der Waals surface area contributed by atoms with Crippen molar-refractivity contribution in [1.82, 2.24) is 0 Å². The van der Waals surface area contributed by atoms with Crippen molar-refractivity contribution in [3.63, 3.8) is 0 Å². The maximum Gasteiger partial charge on any atom is 0.328 e. The average Bonchev–Trinajstić information content (AvgIpc) is 3.12. The van der Waals surface area contributed by atoms with Crippen LogP contribution in [0.2, 0.25) is 0 Å².